The molecule has 0 radical (unpaired) electrons. The Hall–Kier alpha value is -4.07. The summed E-state index contributed by atoms with van der Waals surface area (Å²) in [5.41, 5.74) is -2.55. The normalized spacial score (nSPS) is 15.6. The van der Waals surface area contributed by atoms with Crippen LogP contribution in [0.2, 0.25) is 0 Å². The van der Waals surface area contributed by atoms with Gasteiger partial charge in [-0.25, -0.2) is 0 Å². The highest BCUT2D eigenvalue weighted by molar-refractivity contribution is 6.32. The molecule has 0 saturated heterocycles. The zero-order chi connectivity index (χ0) is 23.9. The number of hydrogen-bond acceptors (Lipinski definition) is 8. The molecule has 0 spiro atoms. The lowest BCUT2D eigenvalue weighted by atomic mass is 9.66. The Balaban J connectivity index is 2.11. The van der Waals surface area contributed by atoms with Crippen LogP contribution in [0.3, 0.4) is 0 Å². The third-order valence-electron chi connectivity index (χ3n) is 5.62. The molecule has 0 bridgehead atoms. The highest BCUT2D eigenvalue weighted by Gasteiger charge is 2.62. The smallest absolute Gasteiger partial charge is 0.333 e. The van der Waals surface area contributed by atoms with Gasteiger partial charge in [0.1, 0.15) is 5.75 Å². The number of ketones is 3. The van der Waals surface area contributed by atoms with Crippen LogP contribution < -0.4 is 4.74 Å². The quantitative estimate of drug-likeness (QED) is 0.390. The molecule has 0 atom stereocenters. The van der Waals surface area contributed by atoms with Gasteiger partial charge in [0.05, 0.1) is 18.8 Å². The second-order valence-corrected chi connectivity index (χ2v) is 7.47. The Bertz CT molecular complexity index is 1250. The van der Waals surface area contributed by atoms with Gasteiger partial charge in [0.25, 0.3) is 0 Å². The third kappa shape index (κ3) is 3.09. The third-order valence-corrected chi connectivity index (χ3v) is 5.62. The van der Waals surface area contributed by atoms with E-state index in [0.717, 1.165) is 0 Å². The minimum absolute atomic E-state index is 0.0339. The molecule has 0 fully saturated rings. The van der Waals surface area contributed by atoms with Crippen molar-refractivity contribution in [3.8, 4) is 5.75 Å². The fourth-order valence-electron chi connectivity index (χ4n) is 4.16. The molecule has 0 saturated carbocycles. The first kappa shape index (κ1) is 22.1. The Morgan fingerprint density at radius 3 is 2.00 bits per heavy atom. The summed E-state index contributed by atoms with van der Waals surface area (Å²) in [5.74, 6) is -4.38. The van der Waals surface area contributed by atoms with Gasteiger partial charge in [-0.2, -0.15) is 0 Å². The van der Waals surface area contributed by atoms with Crippen molar-refractivity contribution in [3.63, 3.8) is 0 Å². The lowest BCUT2D eigenvalue weighted by Gasteiger charge is -2.38. The Morgan fingerprint density at radius 2 is 1.45 bits per heavy atom. The largest absolute Gasteiger partial charge is 0.465 e. The Morgan fingerprint density at radius 1 is 0.879 bits per heavy atom. The number of hydrogen-bond donors (Lipinski definition) is 0. The number of Topliss-reactive ketones (excluding diaryl/α,β-unsaturated/α-hetero) is 3. The highest BCUT2D eigenvalue weighted by Crippen LogP contribution is 2.49. The van der Waals surface area contributed by atoms with Gasteiger partial charge in [-0.15, -0.1) is 0 Å². The van der Waals surface area contributed by atoms with Crippen molar-refractivity contribution in [3.05, 3.63) is 76.1 Å². The van der Waals surface area contributed by atoms with E-state index in [2.05, 4.69) is 0 Å². The minimum atomic E-state index is -2.40. The molecule has 0 unspecified atom stereocenters. The van der Waals surface area contributed by atoms with E-state index in [1.807, 2.05) is 0 Å². The zero-order valence-corrected chi connectivity index (χ0v) is 18.2. The fourth-order valence-corrected chi connectivity index (χ4v) is 4.16. The lowest BCUT2D eigenvalue weighted by molar-refractivity contribution is -0.162. The minimum Gasteiger partial charge on any atom is -0.465 e. The number of rotatable bonds is 5. The van der Waals surface area contributed by atoms with Crippen molar-refractivity contribution in [2.45, 2.75) is 26.2 Å². The molecule has 0 amide bonds. The molecule has 2 aliphatic rings. The SMILES string of the molecule is CCOC(=O)C1(C(=O)OCC)C2=C(Oc3cc(C(C)=O)ccc31)C(=O)c1ccccc1C2=O. The van der Waals surface area contributed by atoms with Gasteiger partial charge in [0.15, 0.2) is 17.3 Å². The van der Waals surface area contributed by atoms with Crippen LogP contribution in [0.15, 0.2) is 53.8 Å². The van der Waals surface area contributed by atoms with Crippen LogP contribution in [0.4, 0.5) is 0 Å². The molecule has 168 valence electrons. The van der Waals surface area contributed by atoms with E-state index in [0.29, 0.717) is 0 Å². The van der Waals surface area contributed by atoms with E-state index in [1.54, 1.807) is 26.0 Å². The van der Waals surface area contributed by atoms with Crippen LogP contribution in [-0.2, 0) is 24.5 Å². The number of allylic oxidation sites excluding steroid dienone is 1. The molecular formula is C25H20O8. The van der Waals surface area contributed by atoms with Crippen LogP contribution in [-0.4, -0.2) is 42.5 Å². The van der Waals surface area contributed by atoms with Crippen molar-refractivity contribution in [1.29, 1.82) is 0 Å². The molecule has 8 nitrogen and oxygen atoms in total. The average Bonchev–Trinajstić information content (AvgIpc) is 2.81. The van der Waals surface area contributed by atoms with Crippen molar-refractivity contribution in [2.24, 2.45) is 0 Å². The molecule has 33 heavy (non-hydrogen) atoms. The average molecular weight is 448 g/mol. The number of esters is 2. The van der Waals surface area contributed by atoms with Gasteiger partial charge in [-0.3, -0.25) is 24.0 Å². The number of carbonyl (C=O) groups excluding carboxylic acids is 5. The molecule has 2 aromatic carbocycles. The van der Waals surface area contributed by atoms with Crippen molar-refractivity contribution < 1.29 is 38.2 Å². The maximum atomic E-state index is 13.7. The van der Waals surface area contributed by atoms with E-state index < -0.39 is 40.3 Å². The summed E-state index contributed by atoms with van der Waals surface area (Å²) < 4.78 is 16.3. The van der Waals surface area contributed by atoms with E-state index in [9.17, 15) is 24.0 Å². The second-order valence-electron chi connectivity index (χ2n) is 7.47. The first-order valence-corrected chi connectivity index (χ1v) is 10.4. The molecule has 2 aromatic rings. The summed E-state index contributed by atoms with van der Waals surface area (Å²) in [4.78, 5) is 66.0. The Labute approximate surface area is 189 Å². The molecular weight excluding hydrogens is 428 g/mol. The molecule has 1 aliphatic carbocycles. The van der Waals surface area contributed by atoms with Gasteiger partial charge in [-0.05, 0) is 26.8 Å². The van der Waals surface area contributed by atoms with E-state index in [1.165, 1.54) is 37.3 Å². The molecule has 0 N–H and O–H groups in total. The van der Waals surface area contributed by atoms with Crippen LogP contribution >= 0.6 is 0 Å². The molecule has 1 aliphatic heterocycles. The van der Waals surface area contributed by atoms with Crippen molar-refractivity contribution in [1.82, 2.24) is 0 Å². The van der Waals surface area contributed by atoms with Crippen LogP contribution in [0.5, 0.6) is 5.75 Å². The Kier molecular flexibility index (Phi) is 5.45. The molecule has 8 heteroatoms. The summed E-state index contributed by atoms with van der Waals surface area (Å²) in [7, 11) is 0. The summed E-state index contributed by atoms with van der Waals surface area (Å²) in [5, 5.41) is 0. The van der Waals surface area contributed by atoms with Gasteiger partial charge >= 0.3 is 11.9 Å². The maximum Gasteiger partial charge on any atom is 0.333 e. The first-order valence-electron chi connectivity index (χ1n) is 10.4. The predicted molar refractivity (Wildman–Crippen MR) is 114 cm³/mol. The second kappa shape index (κ2) is 8.12. The van der Waals surface area contributed by atoms with E-state index >= 15 is 0 Å². The molecule has 1 heterocycles. The van der Waals surface area contributed by atoms with Gasteiger partial charge in [0, 0.05) is 22.3 Å². The highest BCUT2D eigenvalue weighted by atomic mass is 16.6. The topological polar surface area (TPSA) is 113 Å². The number of carbonyl (C=O) groups is 5. The van der Waals surface area contributed by atoms with Crippen LogP contribution in [0.25, 0.3) is 0 Å². The summed E-state index contributed by atoms with van der Waals surface area (Å²) in [6.45, 7) is 4.25. The monoisotopic (exact) mass is 448 g/mol. The summed E-state index contributed by atoms with van der Waals surface area (Å²) >= 11 is 0. The maximum absolute atomic E-state index is 13.7. The molecule has 0 aromatic heterocycles. The lowest BCUT2D eigenvalue weighted by Crippen LogP contribution is -2.53. The standard InChI is InChI=1S/C25H20O8/c1-4-31-23(29)25(24(30)32-5-2)17-11-10-14(13(3)26)12-18(17)33-22-19(25)20(27)15-8-6-7-9-16(15)21(22)28/h6-12H,4-5H2,1-3H3. The van der Waals surface area contributed by atoms with Gasteiger partial charge < -0.3 is 14.2 Å². The van der Waals surface area contributed by atoms with Crippen molar-refractivity contribution in [2.75, 3.05) is 13.2 Å². The zero-order valence-electron chi connectivity index (χ0n) is 18.2. The van der Waals surface area contributed by atoms with E-state index in [-0.39, 0.29) is 47.0 Å². The summed E-state index contributed by atoms with van der Waals surface area (Å²) in [6.07, 6.45) is 0. The van der Waals surface area contributed by atoms with Crippen LogP contribution in [0.1, 0.15) is 57.4 Å². The molecule has 4 rings (SSSR count). The van der Waals surface area contributed by atoms with Gasteiger partial charge in [0.2, 0.25) is 11.2 Å². The number of ether oxygens (including phenoxy) is 3. The van der Waals surface area contributed by atoms with E-state index in [4.69, 9.17) is 14.2 Å². The number of fused-ring (bicyclic) bond motifs is 2. The van der Waals surface area contributed by atoms with Crippen LogP contribution in [0, 0.1) is 0 Å². The first-order chi connectivity index (χ1) is 15.8. The predicted octanol–water partition coefficient (Wildman–Crippen LogP) is 2.98. The van der Waals surface area contributed by atoms with Gasteiger partial charge in [-0.1, -0.05) is 36.4 Å². The summed E-state index contributed by atoms with van der Waals surface area (Å²) in [6, 6.07) is 10.1. The van der Waals surface area contributed by atoms with Crippen molar-refractivity contribution >= 4 is 29.3 Å². The number of benzene rings is 2. The fraction of sp³-hybridized carbons (Fsp3) is 0.240.